The lowest BCUT2D eigenvalue weighted by atomic mass is 10.2. The Hall–Kier alpha value is -1.81. The molecule has 0 aliphatic rings. The van der Waals surface area contributed by atoms with Crippen LogP contribution >= 0.6 is 0 Å². The predicted molar refractivity (Wildman–Crippen MR) is 61.1 cm³/mol. The lowest BCUT2D eigenvalue weighted by molar-refractivity contribution is 0.492. The van der Waals surface area contributed by atoms with Crippen molar-refractivity contribution in [1.82, 2.24) is 10.3 Å². The molecule has 4 heteroatoms. The number of nitrogens with one attached hydrogen (secondary N) is 1. The van der Waals surface area contributed by atoms with Crippen molar-refractivity contribution in [2.45, 2.75) is 13.1 Å². The van der Waals surface area contributed by atoms with Crippen molar-refractivity contribution < 1.29 is 8.78 Å². The van der Waals surface area contributed by atoms with Crippen LogP contribution in [0.25, 0.3) is 0 Å². The highest BCUT2D eigenvalue weighted by atomic mass is 19.2. The van der Waals surface area contributed by atoms with E-state index in [0.29, 0.717) is 18.7 Å². The summed E-state index contributed by atoms with van der Waals surface area (Å²) in [5, 5.41) is 3.05. The van der Waals surface area contributed by atoms with E-state index in [0.717, 1.165) is 11.6 Å². The third kappa shape index (κ3) is 3.07. The summed E-state index contributed by atoms with van der Waals surface area (Å²) in [6, 6.07) is 7.92. The molecule has 17 heavy (non-hydrogen) atoms. The molecule has 0 saturated heterocycles. The van der Waals surface area contributed by atoms with Gasteiger partial charge in [-0.05, 0) is 23.8 Å². The second kappa shape index (κ2) is 5.50. The molecule has 0 aliphatic heterocycles. The standard InChI is InChI=1S/C13H12F2N2/c14-12-3-1-2-11(13(12)15)9-17-8-10-4-6-16-7-5-10/h1-7,17H,8-9H2. The van der Waals surface area contributed by atoms with Gasteiger partial charge in [0.15, 0.2) is 11.6 Å². The van der Waals surface area contributed by atoms with Crippen LogP contribution in [0.2, 0.25) is 0 Å². The summed E-state index contributed by atoms with van der Waals surface area (Å²) in [5.41, 5.74) is 1.39. The topological polar surface area (TPSA) is 24.9 Å². The van der Waals surface area contributed by atoms with Crippen molar-refractivity contribution in [3.8, 4) is 0 Å². The van der Waals surface area contributed by atoms with E-state index >= 15 is 0 Å². The number of hydrogen-bond donors (Lipinski definition) is 1. The maximum atomic E-state index is 13.3. The first kappa shape index (κ1) is 11.7. The van der Waals surface area contributed by atoms with Crippen LogP contribution in [0, 0.1) is 11.6 Å². The van der Waals surface area contributed by atoms with E-state index in [1.807, 2.05) is 12.1 Å². The monoisotopic (exact) mass is 234 g/mol. The molecule has 0 bridgehead atoms. The number of nitrogens with zero attached hydrogens (tertiary/aromatic N) is 1. The number of aromatic nitrogens is 1. The molecule has 0 spiro atoms. The number of pyridine rings is 1. The van der Waals surface area contributed by atoms with Crippen molar-refractivity contribution in [2.24, 2.45) is 0 Å². The normalized spacial score (nSPS) is 10.5. The summed E-state index contributed by atoms with van der Waals surface area (Å²) in [6.07, 6.45) is 3.39. The van der Waals surface area contributed by atoms with Gasteiger partial charge in [0.2, 0.25) is 0 Å². The number of hydrogen-bond acceptors (Lipinski definition) is 2. The van der Waals surface area contributed by atoms with Gasteiger partial charge in [-0.15, -0.1) is 0 Å². The molecule has 1 aromatic heterocycles. The van der Waals surface area contributed by atoms with Crippen LogP contribution in [0.5, 0.6) is 0 Å². The maximum Gasteiger partial charge on any atom is 0.163 e. The van der Waals surface area contributed by atoms with Gasteiger partial charge in [-0.2, -0.15) is 0 Å². The second-order valence-corrected chi connectivity index (χ2v) is 3.67. The fraction of sp³-hybridized carbons (Fsp3) is 0.154. The molecule has 2 rings (SSSR count). The van der Waals surface area contributed by atoms with Gasteiger partial charge in [0.1, 0.15) is 0 Å². The fourth-order valence-electron chi connectivity index (χ4n) is 1.53. The zero-order valence-electron chi connectivity index (χ0n) is 9.16. The predicted octanol–water partition coefficient (Wildman–Crippen LogP) is 2.65. The van der Waals surface area contributed by atoms with Gasteiger partial charge in [0, 0.05) is 31.0 Å². The summed E-state index contributed by atoms with van der Waals surface area (Å²) in [6.45, 7) is 0.893. The number of halogens is 2. The van der Waals surface area contributed by atoms with Gasteiger partial charge in [-0.1, -0.05) is 12.1 Å². The SMILES string of the molecule is Fc1cccc(CNCc2ccncc2)c1F. The van der Waals surface area contributed by atoms with Gasteiger partial charge in [-0.3, -0.25) is 4.98 Å². The van der Waals surface area contributed by atoms with E-state index in [9.17, 15) is 8.78 Å². The summed E-state index contributed by atoms with van der Waals surface area (Å²) in [7, 11) is 0. The summed E-state index contributed by atoms with van der Waals surface area (Å²) < 4.78 is 26.2. The summed E-state index contributed by atoms with van der Waals surface area (Å²) >= 11 is 0. The van der Waals surface area contributed by atoms with Crippen molar-refractivity contribution in [2.75, 3.05) is 0 Å². The fourth-order valence-corrected chi connectivity index (χ4v) is 1.53. The third-order valence-corrected chi connectivity index (χ3v) is 2.43. The first-order valence-corrected chi connectivity index (χ1v) is 5.30. The molecule has 0 atom stereocenters. The zero-order chi connectivity index (χ0) is 12.1. The molecule has 88 valence electrons. The summed E-state index contributed by atoms with van der Waals surface area (Å²) in [5.74, 6) is -1.59. The van der Waals surface area contributed by atoms with E-state index in [4.69, 9.17) is 0 Å². The van der Waals surface area contributed by atoms with E-state index in [2.05, 4.69) is 10.3 Å². The minimum atomic E-state index is -0.812. The van der Waals surface area contributed by atoms with Crippen LogP contribution in [-0.2, 0) is 13.1 Å². The van der Waals surface area contributed by atoms with Gasteiger partial charge < -0.3 is 5.32 Å². The minimum Gasteiger partial charge on any atom is -0.309 e. The van der Waals surface area contributed by atoms with Gasteiger partial charge in [0.05, 0.1) is 0 Å². The molecule has 0 radical (unpaired) electrons. The Kier molecular flexibility index (Phi) is 3.77. The van der Waals surface area contributed by atoms with Crippen LogP contribution in [0.4, 0.5) is 8.78 Å². The molecule has 0 aliphatic carbocycles. The largest absolute Gasteiger partial charge is 0.309 e. The van der Waals surface area contributed by atoms with Crippen LogP contribution in [0.1, 0.15) is 11.1 Å². The lowest BCUT2D eigenvalue weighted by Gasteiger charge is -2.06. The highest BCUT2D eigenvalue weighted by molar-refractivity contribution is 5.19. The number of benzene rings is 1. The summed E-state index contributed by atoms with van der Waals surface area (Å²) in [4.78, 5) is 3.90. The highest BCUT2D eigenvalue weighted by Crippen LogP contribution is 2.11. The van der Waals surface area contributed by atoms with Crippen LogP contribution < -0.4 is 5.32 Å². The second-order valence-electron chi connectivity index (χ2n) is 3.67. The smallest absolute Gasteiger partial charge is 0.163 e. The molecule has 0 fully saturated rings. The van der Waals surface area contributed by atoms with Crippen molar-refractivity contribution >= 4 is 0 Å². The van der Waals surface area contributed by atoms with E-state index in [1.165, 1.54) is 6.07 Å². The Morgan fingerprint density at radius 1 is 1.00 bits per heavy atom. The molecule has 1 aromatic carbocycles. The van der Waals surface area contributed by atoms with Crippen molar-refractivity contribution in [1.29, 1.82) is 0 Å². The molecular formula is C13H12F2N2. The maximum absolute atomic E-state index is 13.3. The minimum absolute atomic E-state index is 0.298. The molecule has 2 nitrogen and oxygen atoms in total. The quantitative estimate of drug-likeness (QED) is 0.879. The lowest BCUT2D eigenvalue weighted by Crippen LogP contribution is -2.14. The first-order valence-electron chi connectivity index (χ1n) is 5.30. The van der Waals surface area contributed by atoms with Gasteiger partial charge in [-0.25, -0.2) is 8.78 Å². The molecule has 2 aromatic rings. The Balaban J connectivity index is 1.93. The van der Waals surface area contributed by atoms with Crippen LogP contribution in [-0.4, -0.2) is 4.98 Å². The van der Waals surface area contributed by atoms with Gasteiger partial charge in [0.25, 0.3) is 0 Å². The average Bonchev–Trinajstić information content (AvgIpc) is 2.36. The molecule has 0 saturated carbocycles. The Labute approximate surface area is 98.3 Å². The van der Waals surface area contributed by atoms with Crippen LogP contribution in [0.15, 0.2) is 42.7 Å². The Morgan fingerprint density at radius 3 is 2.53 bits per heavy atom. The van der Waals surface area contributed by atoms with E-state index in [-0.39, 0.29) is 0 Å². The Bertz CT molecular complexity index is 486. The van der Waals surface area contributed by atoms with Gasteiger partial charge >= 0.3 is 0 Å². The van der Waals surface area contributed by atoms with E-state index in [1.54, 1.807) is 18.5 Å². The molecule has 1 N–H and O–H groups in total. The Morgan fingerprint density at radius 2 is 1.76 bits per heavy atom. The van der Waals surface area contributed by atoms with E-state index < -0.39 is 11.6 Å². The zero-order valence-corrected chi connectivity index (χ0v) is 9.16. The average molecular weight is 234 g/mol. The van der Waals surface area contributed by atoms with Crippen LogP contribution in [0.3, 0.4) is 0 Å². The molecule has 0 unspecified atom stereocenters. The first-order chi connectivity index (χ1) is 8.27. The molecular weight excluding hydrogens is 222 g/mol. The highest BCUT2D eigenvalue weighted by Gasteiger charge is 2.06. The van der Waals surface area contributed by atoms with Crippen molar-refractivity contribution in [3.63, 3.8) is 0 Å². The van der Waals surface area contributed by atoms with Crippen molar-refractivity contribution in [3.05, 3.63) is 65.5 Å². The number of rotatable bonds is 4. The molecule has 0 amide bonds. The third-order valence-electron chi connectivity index (χ3n) is 2.43. The molecule has 1 heterocycles.